The SMILES string of the molecule is O=C(NN=Cc1ccccc1Br)c1cc(I)ccc1O. The van der Waals surface area contributed by atoms with Crippen LogP contribution in [0.1, 0.15) is 15.9 Å². The molecular formula is C14H10BrIN2O2. The molecular weight excluding hydrogens is 435 g/mol. The van der Waals surface area contributed by atoms with Crippen molar-refractivity contribution in [1.29, 1.82) is 0 Å². The van der Waals surface area contributed by atoms with Crippen molar-refractivity contribution < 1.29 is 9.90 Å². The van der Waals surface area contributed by atoms with Gasteiger partial charge < -0.3 is 5.11 Å². The fourth-order valence-corrected chi connectivity index (χ4v) is 2.37. The highest BCUT2D eigenvalue weighted by atomic mass is 127. The Balaban J connectivity index is 2.09. The summed E-state index contributed by atoms with van der Waals surface area (Å²) in [7, 11) is 0. The van der Waals surface area contributed by atoms with Crippen LogP contribution in [0.5, 0.6) is 5.75 Å². The first-order chi connectivity index (χ1) is 9.58. The summed E-state index contributed by atoms with van der Waals surface area (Å²) in [5.74, 6) is -0.525. The van der Waals surface area contributed by atoms with Gasteiger partial charge >= 0.3 is 0 Å². The summed E-state index contributed by atoms with van der Waals surface area (Å²) in [5.41, 5.74) is 3.43. The van der Waals surface area contributed by atoms with E-state index in [0.29, 0.717) is 0 Å². The van der Waals surface area contributed by atoms with Gasteiger partial charge in [-0.05, 0) is 46.9 Å². The molecule has 0 spiro atoms. The van der Waals surface area contributed by atoms with Crippen LogP contribution in [-0.4, -0.2) is 17.2 Å². The number of rotatable bonds is 3. The van der Waals surface area contributed by atoms with Gasteiger partial charge in [0.15, 0.2) is 0 Å². The quantitative estimate of drug-likeness (QED) is 0.432. The van der Waals surface area contributed by atoms with Crippen LogP contribution in [0.3, 0.4) is 0 Å². The predicted octanol–water partition coefficient (Wildman–Crippen LogP) is 3.52. The molecule has 0 saturated carbocycles. The molecule has 2 aromatic rings. The van der Waals surface area contributed by atoms with Crippen molar-refractivity contribution in [2.24, 2.45) is 5.10 Å². The first-order valence-corrected chi connectivity index (χ1v) is 7.51. The maximum Gasteiger partial charge on any atom is 0.275 e. The number of hydrogen-bond acceptors (Lipinski definition) is 3. The molecule has 0 aliphatic heterocycles. The normalized spacial score (nSPS) is 10.7. The van der Waals surface area contributed by atoms with Crippen molar-refractivity contribution in [2.45, 2.75) is 0 Å². The monoisotopic (exact) mass is 444 g/mol. The number of phenols is 1. The standard InChI is InChI=1S/C14H10BrIN2O2/c15-12-4-2-1-3-9(12)8-17-18-14(20)11-7-10(16)5-6-13(11)19/h1-8,19H,(H,18,20). The van der Waals surface area contributed by atoms with Crippen LogP contribution < -0.4 is 5.43 Å². The maximum absolute atomic E-state index is 11.9. The highest BCUT2D eigenvalue weighted by Gasteiger charge is 2.10. The second-order valence-electron chi connectivity index (χ2n) is 3.88. The van der Waals surface area contributed by atoms with Gasteiger partial charge in [0, 0.05) is 13.6 Å². The Morgan fingerprint density at radius 2 is 2.05 bits per heavy atom. The minimum Gasteiger partial charge on any atom is -0.507 e. The molecule has 0 atom stereocenters. The average molecular weight is 445 g/mol. The molecule has 0 fully saturated rings. The highest BCUT2D eigenvalue weighted by Crippen LogP contribution is 2.19. The molecule has 6 heteroatoms. The number of nitrogens with zero attached hydrogens (tertiary/aromatic N) is 1. The largest absolute Gasteiger partial charge is 0.507 e. The third kappa shape index (κ3) is 3.80. The molecule has 4 nitrogen and oxygen atoms in total. The number of carbonyl (C=O) groups excluding carboxylic acids is 1. The maximum atomic E-state index is 11.9. The minimum atomic E-state index is -0.454. The number of hydrazone groups is 1. The van der Waals surface area contributed by atoms with E-state index < -0.39 is 5.91 Å². The molecule has 0 saturated heterocycles. The van der Waals surface area contributed by atoms with E-state index in [-0.39, 0.29) is 11.3 Å². The third-order valence-corrected chi connectivity index (χ3v) is 3.87. The van der Waals surface area contributed by atoms with E-state index in [4.69, 9.17) is 0 Å². The van der Waals surface area contributed by atoms with Crippen LogP contribution >= 0.6 is 38.5 Å². The molecule has 0 radical (unpaired) electrons. The van der Waals surface area contributed by atoms with Crippen LogP contribution in [-0.2, 0) is 0 Å². The van der Waals surface area contributed by atoms with E-state index in [9.17, 15) is 9.90 Å². The number of benzene rings is 2. The second-order valence-corrected chi connectivity index (χ2v) is 5.98. The van der Waals surface area contributed by atoms with Gasteiger partial charge in [0.1, 0.15) is 5.75 Å². The number of nitrogens with one attached hydrogen (secondary N) is 1. The van der Waals surface area contributed by atoms with Crippen LogP contribution in [0.2, 0.25) is 0 Å². The molecule has 0 heterocycles. The van der Waals surface area contributed by atoms with E-state index in [1.54, 1.807) is 12.1 Å². The summed E-state index contributed by atoms with van der Waals surface area (Å²) >= 11 is 5.46. The fourth-order valence-electron chi connectivity index (χ4n) is 1.49. The van der Waals surface area contributed by atoms with Crippen molar-refractivity contribution >= 4 is 50.6 Å². The molecule has 20 heavy (non-hydrogen) atoms. The number of aromatic hydroxyl groups is 1. The lowest BCUT2D eigenvalue weighted by atomic mass is 10.2. The molecule has 2 rings (SSSR count). The average Bonchev–Trinajstić information content (AvgIpc) is 2.43. The molecule has 2 N–H and O–H groups in total. The molecule has 1 amide bonds. The summed E-state index contributed by atoms with van der Waals surface area (Å²) < 4.78 is 1.75. The van der Waals surface area contributed by atoms with E-state index in [2.05, 4.69) is 49.0 Å². The van der Waals surface area contributed by atoms with Gasteiger partial charge in [0.05, 0.1) is 11.8 Å². The predicted molar refractivity (Wildman–Crippen MR) is 90.0 cm³/mol. The fraction of sp³-hybridized carbons (Fsp3) is 0. The Labute approximate surface area is 138 Å². The molecule has 0 aromatic heterocycles. The Hall–Kier alpha value is -1.41. The van der Waals surface area contributed by atoms with Crippen molar-refractivity contribution in [2.75, 3.05) is 0 Å². The third-order valence-electron chi connectivity index (χ3n) is 2.48. The van der Waals surface area contributed by atoms with Crippen LogP contribution in [0, 0.1) is 3.57 Å². The van der Waals surface area contributed by atoms with Crippen LogP contribution in [0.15, 0.2) is 52.0 Å². The van der Waals surface area contributed by atoms with Gasteiger partial charge in [-0.15, -0.1) is 0 Å². The Morgan fingerprint density at radius 3 is 2.80 bits per heavy atom. The lowest BCUT2D eigenvalue weighted by Gasteiger charge is -2.03. The summed E-state index contributed by atoms with van der Waals surface area (Å²) in [5, 5.41) is 13.5. The van der Waals surface area contributed by atoms with Gasteiger partial charge in [-0.25, -0.2) is 5.43 Å². The smallest absolute Gasteiger partial charge is 0.275 e. The van der Waals surface area contributed by atoms with Gasteiger partial charge in [-0.3, -0.25) is 4.79 Å². The molecule has 0 unspecified atom stereocenters. The summed E-state index contributed by atoms with van der Waals surface area (Å²) in [4.78, 5) is 11.9. The van der Waals surface area contributed by atoms with E-state index >= 15 is 0 Å². The summed E-state index contributed by atoms with van der Waals surface area (Å²) in [6.45, 7) is 0. The number of hydrogen-bond donors (Lipinski definition) is 2. The first kappa shape index (κ1) is 15.0. The summed E-state index contributed by atoms with van der Waals surface area (Å²) in [6, 6.07) is 12.3. The molecule has 102 valence electrons. The first-order valence-electron chi connectivity index (χ1n) is 5.64. The van der Waals surface area contributed by atoms with E-state index in [1.807, 2.05) is 24.3 Å². The van der Waals surface area contributed by atoms with Crippen LogP contribution in [0.4, 0.5) is 0 Å². The molecule has 0 aliphatic carbocycles. The molecule has 0 aliphatic rings. The van der Waals surface area contributed by atoms with Crippen molar-refractivity contribution in [1.82, 2.24) is 5.43 Å². The van der Waals surface area contributed by atoms with Crippen molar-refractivity contribution in [3.8, 4) is 5.75 Å². The summed E-state index contributed by atoms with van der Waals surface area (Å²) in [6.07, 6.45) is 1.53. The number of phenolic OH excluding ortho intramolecular Hbond substituents is 1. The zero-order chi connectivity index (χ0) is 14.5. The zero-order valence-electron chi connectivity index (χ0n) is 10.2. The van der Waals surface area contributed by atoms with Gasteiger partial charge in [-0.2, -0.15) is 5.10 Å². The zero-order valence-corrected chi connectivity index (χ0v) is 13.9. The van der Waals surface area contributed by atoms with Crippen molar-refractivity contribution in [3.05, 3.63) is 61.6 Å². The Kier molecular flexibility index (Phi) is 5.13. The van der Waals surface area contributed by atoms with Crippen molar-refractivity contribution in [3.63, 3.8) is 0 Å². The number of halogens is 2. The van der Waals surface area contributed by atoms with Gasteiger partial charge in [0.25, 0.3) is 5.91 Å². The second kappa shape index (κ2) is 6.85. The highest BCUT2D eigenvalue weighted by molar-refractivity contribution is 14.1. The molecule has 0 bridgehead atoms. The topological polar surface area (TPSA) is 61.7 Å². The molecule has 2 aromatic carbocycles. The minimum absolute atomic E-state index is 0.0704. The Bertz CT molecular complexity index is 674. The lowest BCUT2D eigenvalue weighted by molar-refractivity contribution is 0.0952. The number of carbonyl (C=O) groups is 1. The van der Waals surface area contributed by atoms with E-state index in [1.165, 1.54) is 12.3 Å². The van der Waals surface area contributed by atoms with Crippen LogP contribution in [0.25, 0.3) is 0 Å². The van der Waals surface area contributed by atoms with Gasteiger partial charge in [0.2, 0.25) is 0 Å². The Morgan fingerprint density at radius 1 is 1.30 bits per heavy atom. The lowest BCUT2D eigenvalue weighted by Crippen LogP contribution is -2.17. The number of amides is 1. The van der Waals surface area contributed by atoms with E-state index in [0.717, 1.165) is 13.6 Å². The van der Waals surface area contributed by atoms with Gasteiger partial charge in [-0.1, -0.05) is 34.1 Å².